The summed E-state index contributed by atoms with van der Waals surface area (Å²) in [5.74, 6) is -0.413. The lowest BCUT2D eigenvalue weighted by atomic mass is 10.1. The molecule has 0 unspecified atom stereocenters. The minimum Gasteiger partial charge on any atom is -0.372 e. The summed E-state index contributed by atoms with van der Waals surface area (Å²) in [6, 6.07) is 18.9. The molecule has 2 N–H and O–H groups in total. The normalized spacial score (nSPS) is 14.1. The van der Waals surface area contributed by atoms with Gasteiger partial charge in [0.15, 0.2) is 0 Å². The largest absolute Gasteiger partial charge is 0.372 e. The molecule has 6 nitrogen and oxygen atoms in total. The number of halogens is 1. The third-order valence-corrected chi connectivity index (χ3v) is 7.46. The molecule has 0 aromatic heterocycles. The van der Waals surface area contributed by atoms with E-state index in [0.717, 1.165) is 24.3 Å². The zero-order chi connectivity index (χ0) is 23.4. The van der Waals surface area contributed by atoms with Crippen molar-refractivity contribution in [2.75, 3.05) is 28.0 Å². The van der Waals surface area contributed by atoms with Crippen LogP contribution in [0.1, 0.15) is 35.2 Å². The van der Waals surface area contributed by atoms with Gasteiger partial charge in [0, 0.05) is 35.7 Å². The molecule has 0 bridgehead atoms. The number of sulfonamides is 1. The molecule has 1 amide bonds. The highest BCUT2D eigenvalue weighted by atomic mass is 35.5. The Morgan fingerprint density at radius 2 is 1.64 bits per heavy atom. The Labute approximate surface area is 199 Å². The van der Waals surface area contributed by atoms with Gasteiger partial charge < -0.3 is 10.2 Å². The lowest BCUT2D eigenvalue weighted by Gasteiger charge is -2.28. The van der Waals surface area contributed by atoms with Crippen LogP contribution in [0.3, 0.4) is 0 Å². The Morgan fingerprint density at radius 3 is 2.33 bits per heavy atom. The van der Waals surface area contributed by atoms with Crippen LogP contribution < -0.4 is 14.9 Å². The number of carbonyl (C=O) groups is 1. The van der Waals surface area contributed by atoms with Gasteiger partial charge in [-0.3, -0.25) is 9.52 Å². The average Bonchev–Trinajstić information content (AvgIpc) is 2.80. The molecule has 0 radical (unpaired) electrons. The molecular formula is C25H26ClN3O3S. The van der Waals surface area contributed by atoms with Gasteiger partial charge in [-0.05, 0) is 86.3 Å². The van der Waals surface area contributed by atoms with Crippen molar-refractivity contribution >= 4 is 44.6 Å². The Kier molecular flexibility index (Phi) is 6.91. The molecule has 172 valence electrons. The van der Waals surface area contributed by atoms with E-state index in [1.165, 1.54) is 37.5 Å². The van der Waals surface area contributed by atoms with Crippen molar-refractivity contribution in [2.45, 2.75) is 31.1 Å². The van der Waals surface area contributed by atoms with Crippen LogP contribution in [0.25, 0.3) is 0 Å². The van der Waals surface area contributed by atoms with E-state index in [9.17, 15) is 13.2 Å². The van der Waals surface area contributed by atoms with Crippen molar-refractivity contribution in [1.29, 1.82) is 0 Å². The zero-order valence-electron chi connectivity index (χ0n) is 18.3. The molecule has 0 spiro atoms. The van der Waals surface area contributed by atoms with Gasteiger partial charge in [0.25, 0.3) is 15.9 Å². The first kappa shape index (κ1) is 23.1. The van der Waals surface area contributed by atoms with Gasteiger partial charge in [-0.15, -0.1) is 0 Å². The Balaban J connectivity index is 1.50. The van der Waals surface area contributed by atoms with E-state index in [0.29, 0.717) is 11.4 Å². The highest BCUT2D eigenvalue weighted by molar-refractivity contribution is 7.92. The van der Waals surface area contributed by atoms with E-state index in [1.54, 1.807) is 18.2 Å². The van der Waals surface area contributed by atoms with Crippen molar-refractivity contribution in [1.82, 2.24) is 0 Å². The van der Waals surface area contributed by atoms with Crippen LogP contribution in [0, 0.1) is 6.92 Å². The van der Waals surface area contributed by atoms with E-state index in [2.05, 4.69) is 14.9 Å². The number of piperidine rings is 1. The summed E-state index contributed by atoms with van der Waals surface area (Å²) in [7, 11) is -3.98. The molecule has 8 heteroatoms. The number of nitrogens with one attached hydrogen (secondary N) is 2. The van der Waals surface area contributed by atoms with Gasteiger partial charge in [0.05, 0.1) is 5.02 Å². The highest BCUT2D eigenvalue weighted by Crippen LogP contribution is 2.26. The summed E-state index contributed by atoms with van der Waals surface area (Å²) in [6.07, 6.45) is 3.65. The number of nitrogens with zero attached hydrogens (tertiary/aromatic N) is 1. The van der Waals surface area contributed by atoms with Crippen LogP contribution in [0.15, 0.2) is 71.6 Å². The van der Waals surface area contributed by atoms with Crippen LogP contribution in [0.2, 0.25) is 5.02 Å². The third-order valence-electron chi connectivity index (χ3n) is 5.60. The van der Waals surface area contributed by atoms with Gasteiger partial charge in [-0.2, -0.15) is 0 Å². The molecule has 1 saturated heterocycles. The fraction of sp³-hybridized carbons (Fsp3) is 0.240. The molecule has 1 aliphatic rings. The van der Waals surface area contributed by atoms with E-state index < -0.39 is 15.9 Å². The van der Waals surface area contributed by atoms with Crippen LogP contribution in [-0.4, -0.2) is 27.4 Å². The SMILES string of the molecule is Cc1cccc(NS(=O)(=O)c2cc(C(=O)Nc3ccc(N4CCCCC4)cc3)ccc2Cl)c1. The molecule has 1 fully saturated rings. The summed E-state index contributed by atoms with van der Waals surface area (Å²) in [5, 5.41) is 2.87. The maximum atomic E-state index is 12.9. The van der Waals surface area contributed by atoms with Crippen LogP contribution in [-0.2, 0) is 10.0 Å². The molecular weight excluding hydrogens is 458 g/mol. The second-order valence-electron chi connectivity index (χ2n) is 8.17. The van der Waals surface area contributed by atoms with Gasteiger partial charge >= 0.3 is 0 Å². The molecule has 3 aromatic rings. The number of hydrogen-bond donors (Lipinski definition) is 2. The maximum absolute atomic E-state index is 12.9. The zero-order valence-corrected chi connectivity index (χ0v) is 19.9. The van der Waals surface area contributed by atoms with Crippen molar-refractivity contribution in [3.8, 4) is 0 Å². The van der Waals surface area contributed by atoms with E-state index >= 15 is 0 Å². The fourth-order valence-corrected chi connectivity index (χ4v) is 5.46. The summed E-state index contributed by atoms with van der Waals surface area (Å²) in [5.41, 5.74) is 3.31. The summed E-state index contributed by atoms with van der Waals surface area (Å²) < 4.78 is 28.4. The van der Waals surface area contributed by atoms with Crippen LogP contribution in [0.4, 0.5) is 17.1 Å². The van der Waals surface area contributed by atoms with Crippen LogP contribution in [0.5, 0.6) is 0 Å². The van der Waals surface area contributed by atoms with Gasteiger partial charge in [-0.1, -0.05) is 23.7 Å². The van der Waals surface area contributed by atoms with E-state index in [4.69, 9.17) is 11.6 Å². The first-order valence-corrected chi connectivity index (χ1v) is 12.7. The lowest BCUT2D eigenvalue weighted by molar-refractivity contribution is 0.102. The standard InChI is InChI=1S/C25H26ClN3O3S/c1-18-6-5-7-21(16-18)28-33(31,32)24-17-19(8-13-23(24)26)25(30)27-20-9-11-22(12-10-20)29-14-3-2-4-15-29/h5-13,16-17,28H,2-4,14-15H2,1H3,(H,27,30). The molecule has 1 aliphatic heterocycles. The molecule has 4 rings (SSSR count). The minimum absolute atomic E-state index is 0.0394. The van der Waals surface area contributed by atoms with Gasteiger partial charge in [-0.25, -0.2) is 8.42 Å². The monoisotopic (exact) mass is 483 g/mol. The maximum Gasteiger partial charge on any atom is 0.263 e. The van der Waals surface area contributed by atoms with E-state index in [-0.39, 0.29) is 15.5 Å². The molecule has 1 heterocycles. The quantitative estimate of drug-likeness (QED) is 0.472. The summed E-state index contributed by atoms with van der Waals surface area (Å²) in [6.45, 7) is 3.96. The van der Waals surface area contributed by atoms with E-state index in [1.807, 2.05) is 37.3 Å². The Bertz CT molecular complexity index is 1250. The smallest absolute Gasteiger partial charge is 0.263 e. The molecule has 0 saturated carbocycles. The second kappa shape index (κ2) is 9.85. The molecule has 3 aromatic carbocycles. The van der Waals surface area contributed by atoms with Crippen molar-refractivity contribution < 1.29 is 13.2 Å². The lowest BCUT2D eigenvalue weighted by Crippen LogP contribution is -2.29. The fourth-order valence-electron chi connectivity index (χ4n) is 3.88. The number of amides is 1. The Hall–Kier alpha value is -3.03. The Morgan fingerprint density at radius 1 is 0.909 bits per heavy atom. The number of aryl methyl sites for hydroxylation is 1. The number of rotatable bonds is 6. The van der Waals surface area contributed by atoms with Crippen LogP contribution >= 0.6 is 11.6 Å². The average molecular weight is 484 g/mol. The first-order valence-electron chi connectivity index (χ1n) is 10.9. The predicted octanol–water partition coefficient (Wildman–Crippen LogP) is 5.69. The first-order chi connectivity index (χ1) is 15.8. The summed E-state index contributed by atoms with van der Waals surface area (Å²) >= 11 is 6.18. The van der Waals surface area contributed by atoms with Crippen molar-refractivity contribution in [3.63, 3.8) is 0 Å². The third kappa shape index (κ3) is 5.67. The van der Waals surface area contributed by atoms with Gasteiger partial charge in [0.1, 0.15) is 4.90 Å². The molecule has 0 aliphatic carbocycles. The molecule has 0 atom stereocenters. The predicted molar refractivity (Wildman–Crippen MR) is 134 cm³/mol. The number of benzene rings is 3. The number of hydrogen-bond acceptors (Lipinski definition) is 4. The second-order valence-corrected chi connectivity index (χ2v) is 10.2. The van der Waals surface area contributed by atoms with Gasteiger partial charge in [0.2, 0.25) is 0 Å². The number of carbonyl (C=O) groups excluding carboxylic acids is 1. The topological polar surface area (TPSA) is 78.5 Å². The number of anilines is 3. The van der Waals surface area contributed by atoms with Crippen molar-refractivity contribution in [3.05, 3.63) is 82.9 Å². The molecule has 33 heavy (non-hydrogen) atoms. The highest BCUT2D eigenvalue weighted by Gasteiger charge is 2.21. The minimum atomic E-state index is -3.98. The summed E-state index contributed by atoms with van der Waals surface area (Å²) in [4.78, 5) is 15.0. The van der Waals surface area contributed by atoms with Crippen molar-refractivity contribution in [2.24, 2.45) is 0 Å².